The molecule has 0 spiro atoms. The summed E-state index contributed by atoms with van der Waals surface area (Å²) >= 11 is 0. The van der Waals surface area contributed by atoms with Crippen molar-refractivity contribution in [3.63, 3.8) is 0 Å². The minimum absolute atomic E-state index is 0.179. The lowest BCUT2D eigenvalue weighted by molar-refractivity contribution is 0.265. The minimum atomic E-state index is -0.179. The quantitative estimate of drug-likeness (QED) is 0.868. The molecule has 3 nitrogen and oxygen atoms in total. The molecule has 2 unspecified atom stereocenters. The van der Waals surface area contributed by atoms with Crippen molar-refractivity contribution in [3.8, 4) is 0 Å². The van der Waals surface area contributed by atoms with E-state index in [-0.39, 0.29) is 5.82 Å². The van der Waals surface area contributed by atoms with Gasteiger partial charge in [-0.25, -0.2) is 4.39 Å². The van der Waals surface area contributed by atoms with Gasteiger partial charge in [0, 0.05) is 37.4 Å². The predicted molar refractivity (Wildman–Crippen MR) is 73.3 cm³/mol. The largest absolute Gasteiger partial charge is 0.367 e. The normalized spacial score (nSPS) is 26.1. The summed E-state index contributed by atoms with van der Waals surface area (Å²) < 4.78 is 13.3. The molecule has 1 heterocycles. The van der Waals surface area contributed by atoms with E-state index in [0.717, 1.165) is 25.2 Å². The fourth-order valence-electron chi connectivity index (χ4n) is 2.54. The molecule has 18 heavy (non-hydrogen) atoms. The highest BCUT2D eigenvalue weighted by Gasteiger charge is 2.25. The van der Waals surface area contributed by atoms with E-state index in [0.29, 0.717) is 18.6 Å². The summed E-state index contributed by atoms with van der Waals surface area (Å²) in [6.07, 6.45) is 1.07. The first-order valence-corrected chi connectivity index (χ1v) is 6.54. The summed E-state index contributed by atoms with van der Waals surface area (Å²) in [5.74, 6) is -0.179. The number of hydrogen-bond donors (Lipinski definition) is 1. The molecule has 0 aliphatic carbocycles. The molecule has 100 valence electrons. The van der Waals surface area contributed by atoms with E-state index < -0.39 is 0 Å². The van der Waals surface area contributed by atoms with Crippen LogP contribution < -0.4 is 10.6 Å². The number of anilines is 1. The SMILES string of the molecule is CC1CCN(C)C(CN)CN1c1cccc(F)c1. The Kier molecular flexibility index (Phi) is 4.19. The van der Waals surface area contributed by atoms with Crippen LogP contribution in [0.25, 0.3) is 0 Å². The van der Waals surface area contributed by atoms with Gasteiger partial charge in [0.25, 0.3) is 0 Å². The molecule has 1 aromatic carbocycles. The van der Waals surface area contributed by atoms with Gasteiger partial charge in [-0.1, -0.05) is 6.07 Å². The average molecular weight is 251 g/mol. The highest BCUT2D eigenvalue weighted by Crippen LogP contribution is 2.23. The van der Waals surface area contributed by atoms with Gasteiger partial charge in [-0.3, -0.25) is 0 Å². The summed E-state index contributed by atoms with van der Waals surface area (Å²) in [5, 5.41) is 0. The molecule has 2 atom stereocenters. The molecule has 2 rings (SSSR count). The highest BCUT2D eigenvalue weighted by molar-refractivity contribution is 5.47. The van der Waals surface area contributed by atoms with Crippen LogP contribution in [0.2, 0.25) is 0 Å². The van der Waals surface area contributed by atoms with Gasteiger partial charge >= 0.3 is 0 Å². The zero-order chi connectivity index (χ0) is 13.1. The van der Waals surface area contributed by atoms with Gasteiger partial charge < -0.3 is 15.5 Å². The smallest absolute Gasteiger partial charge is 0.125 e. The second kappa shape index (κ2) is 5.67. The van der Waals surface area contributed by atoms with Crippen molar-refractivity contribution in [1.82, 2.24) is 4.90 Å². The van der Waals surface area contributed by atoms with Crippen LogP contribution in [0.15, 0.2) is 24.3 Å². The third-order valence-electron chi connectivity index (χ3n) is 3.87. The van der Waals surface area contributed by atoms with Crippen LogP contribution in [0, 0.1) is 5.82 Å². The van der Waals surface area contributed by atoms with E-state index >= 15 is 0 Å². The van der Waals surface area contributed by atoms with Gasteiger partial charge in [0.1, 0.15) is 5.82 Å². The van der Waals surface area contributed by atoms with Crippen LogP contribution in [0.1, 0.15) is 13.3 Å². The standard InChI is InChI=1S/C14H22FN3/c1-11-6-7-17(2)14(9-16)10-18(11)13-5-3-4-12(15)8-13/h3-5,8,11,14H,6-7,9-10,16H2,1-2H3. The lowest BCUT2D eigenvalue weighted by Gasteiger charge is -2.32. The zero-order valence-electron chi connectivity index (χ0n) is 11.1. The van der Waals surface area contributed by atoms with Crippen molar-refractivity contribution >= 4 is 5.69 Å². The Balaban J connectivity index is 2.24. The molecular formula is C14H22FN3. The molecule has 1 saturated heterocycles. The molecule has 1 aliphatic rings. The molecule has 2 N–H and O–H groups in total. The van der Waals surface area contributed by atoms with Crippen LogP contribution in [0.3, 0.4) is 0 Å². The molecule has 1 fully saturated rings. The highest BCUT2D eigenvalue weighted by atomic mass is 19.1. The van der Waals surface area contributed by atoms with E-state index in [2.05, 4.69) is 23.8 Å². The molecule has 0 bridgehead atoms. The number of nitrogens with zero attached hydrogens (tertiary/aromatic N) is 2. The van der Waals surface area contributed by atoms with Crippen molar-refractivity contribution in [2.45, 2.75) is 25.4 Å². The number of nitrogens with two attached hydrogens (primary N) is 1. The minimum Gasteiger partial charge on any atom is -0.367 e. The first kappa shape index (κ1) is 13.3. The topological polar surface area (TPSA) is 32.5 Å². The van der Waals surface area contributed by atoms with E-state index in [1.165, 1.54) is 6.07 Å². The molecule has 0 aromatic heterocycles. The van der Waals surface area contributed by atoms with Crippen LogP contribution >= 0.6 is 0 Å². The fourth-order valence-corrected chi connectivity index (χ4v) is 2.54. The van der Waals surface area contributed by atoms with Gasteiger partial charge in [0.2, 0.25) is 0 Å². The van der Waals surface area contributed by atoms with Gasteiger partial charge in [-0.2, -0.15) is 0 Å². The first-order valence-electron chi connectivity index (χ1n) is 6.54. The predicted octanol–water partition coefficient (Wildman–Crippen LogP) is 1.68. The van der Waals surface area contributed by atoms with Crippen molar-refractivity contribution in [2.24, 2.45) is 5.73 Å². The van der Waals surface area contributed by atoms with Crippen LogP contribution in [0.4, 0.5) is 10.1 Å². The second-order valence-electron chi connectivity index (χ2n) is 5.14. The number of benzene rings is 1. The Morgan fingerprint density at radius 3 is 2.89 bits per heavy atom. The Labute approximate surface area is 108 Å². The fraction of sp³-hybridized carbons (Fsp3) is 0.571. The maximum Gasteiger partial charge on any atom is 0.125 e. The maximum atomic E-state index is 13.3. The number of likely N-dealkylation sites (N-methyl/N-ethyl adjacent to an activating group) is 1. The molecule has 4 heteroatoms. The Hall–Kier alpha value is -1.13. The maximum absolute atomic E-state index is 13.3. The van der Waals surface area contributed by atoms with Crippen LogP contribution in [0.5, 0.6) is 0 Å². The first-order chi connectivity index (χ1) is 8.61. The van der Waals surface area contributed by atoms with Gasteiger partial charge in [-0.15, -0.1) is 0 Å². The molecule has 0 saturated carbocycles. The van der Waals surface area contributed by atoms with Crippen molar-refractivity contribution < 1.29 is 4.39 Å². The molecule has 1 aromatic rings. The monoisotopic (exact) mass is 251 g/mol. The molecule has 0 amide bonds. The number of rotatable bonds is 2. The molecular weight excluding hydrogens is 229 g/mol. The van der Waals surface area contributed by atoms with Crippen molar-refractivity contribution in [1.29, 1.82) is 0 Å². The van der Waals surface area contributed by atoms with E-state index in [1.54, 1.807) is 12.1 Å². The number of halogens is 1. The zero-order valence-corrected chi connectivity index (χ0v) is 11.1. The van der Waals surface area contributed by atoms with Gasteiger partial charge in [-0.05, 0) is 38.6 Å². The Morgan fingerprint density at radius 1 is 1.44 bits per heavy atom. The van der Waals surface area contributed by atoms with Crippen LogP contribution in [-0.2, 0) is 0 Å². The lowest BCUT2D eigenvalue weighted by Crippen LogP contribution is -2.45. The van der Waals surface area contributed by atoms with E-state index in [1.807, 2.05) is 6.07 Å². The molecule has 0 radical (unpaired) electrons. The lowest BCUT2D eigenvalue weighted by atomic mass is 10.1. The van der Waals surface area contributed by atoms with E-state index in [9.17, 15) is 4.39 Å². The van der Waals surface area contributed by atoms with Crippen molar-refractivity contribution in [3.05, 3.63) is 30.1 Å². The average Bonchev–Trinajstić information content (AvgIpc) is 2.50. The summed E-state index contributed by atoms with van der Waals surface area (Å²) in [6.45, 7) is 4.72. The summed E-state index contributed by atoms with van der Waals surface area (Å²) in [6, 6.07) is 7.57. The number of hydrogen-bond acceptors (Lipinski definition) is 3. The van der Waals surface area contributed by atoms with E-state index in [4.69, 9.17) is 5.73 Å². The summed E-state index contributed by atoms with van der Waals surface area (Å²) in [4.78, 5) is 4.57. The Morgan fingerprint density at radius 2 is 2.22 bits per heavy atom. The molecule has 1 aliphatic heterocycles. The second-order valence-corrected chi connectivity index (χ2v) is 5.14. The van der Waals surface area contributed by atoms with Crippen LogP contribution in [-0.4, -0.2) is 43.7 Å². The van der Waals surface area contributed by atoms with Gasteiger partial charge in [0.15, 0.2) is 0 Å². The summed E-state index contributed by atoms with van der Waals surface area (Å²) in [5.41, 5.74) is 6.79. The van der Waals surface area contributed by atoms with Gasteiger partial charge in [0.05, 0.1) is 0 Å². The Bertz CT molecular complexity index is 396. The van der Waals surface area contributed by atoms with Crippen molar-refractivity contribution in [2.75, 3.05) is 31.6 Å². The third-order valence-corrected chi connectivity index (χ3v) is 3.87. The summed E-state index contributed by atoms with van der Waals surface area (Å²) in [7, 11) is 2.11. The third kappa shape index (κ3) is 2.82.